The molecule has 0 spiro atoms. The number of hydrogen-bond acceptors (Lipinski definition) is 4. The Labute approximate surface area is 251 Å². The maximum atomic E-state index is 14.1. The average Bonchev–Trinajstić information content (AvgIpc) is 2.95. The fourth-order valence-corrected chi connectivity index (χ4v) is 7.30. The first-order chi connectivity index (χ1) is 19.6. The highest BCUT2D eigenvalue weighted by molar-refractivity contribution is 6.30. The lowest BCUT2D eigenvalue weighted by Gasteiger charge is -2.48. The maximum Gasteiger partial charge on any atom is 0.319 e. The van der Waals surface area contributed by atoms with E-state index in [9.17, 15) is 14.4 Å². The molecular weight excluding hydrogens is 538 g/mol. The molecule has 4 rings (SSSR count). The van der Waals surface area contributed by atoms with Gasteiger partial charge in [0, 0.05) is 63.3 Å². The van der Waals surface area contributed by atoms with E-state index in [-0.39, 0.29) is 47.9 Å². The van der Waals surface area contributed by atoms with Gasteiger partial charge in [-0.05, 0) is 75.0 Å². The van der Waals surface area contributed by atoms with Crippen molar-refractivity contribution in [3.8, 4) is 0 Å². The molecule has 2 N–H and O–H groups in total. The van der Waals surface area contributed by atoms with Crippen LogP contribution in [0.2, 0.25) is 5.02 Å². The van der Waals surface area contributed by atoms with Gasteiger partial charge >= 0.3 is 6.03 Å². The Morgan fingerprint density at radius 1 is 0.951 bits per heavy atom. The maximum absolute atomic E-state index is 14.1. The van der Waals surface area contributed by atoms with E-state index in [0.717, 1.165) is 50.5 Å². The topological polar surface area (TPSA) is 85.0 Å². The van der Waals surface area contributed by atoms with Gasteiger partial charge in [-0.1, -0.05) is 49.9 Å². The molecule has 1 heterocycles. The van der Waals surface area contributed by atoms with Crippen molar-refractivity contribution >= 4 is 29.4 Å². The first kappa shape index (κ1) is 31.6. The van der Waals surface area contributed by atoms with Gasteiger partial charge in [-0.3, -0.25) is 9.59 Å². The minimum absolute atomic E-state index is 0.0176. The SMILES string of the molecule is CC(=O)N[C@H]1CC[C@@H](N[C@H](Cc2ccc(Cl)cc2)C(=O)N2CC[C@H](N(C(=O)N(C)C)C3CCCCC3)[C@@H](C)C2)CC1. The van der Waals surface area contributed by atoms with E-state index in [1.54, 1.807) is 11.8 Å². The van der Waals surface area contributed by atoms with E-state index in [0.29, 0.717) is 30.6 Å². The second kappa shape index (κ2) is 14.7. The zero-order chi connectivity index (χ0) is 29.5. The number of nitrogens with one attached hydrogen (secondary N) is 2. The molecule has 0 radical (unpaired) electrons. The number of rotatable bonds is 8. The molecule has 3 atom stereocenters. The zero-order valence-electron chi connectivity index (χ0n) is 25.4. The van der Waals surface area contributed by atoms with Gasteiger partial charge in [0.25, 0.3) is 0 Å². The summed E-state index contributed by atoms with van der Waals surface area (Å²) in [6.45, 7) is 5.08. The van der Waals surface area contributed by atoms with Crippen LogP contribution < -0.4 is 10.6 Å². The van der Waals surface area contributed by atoms with Gasteiger partial charge in [0.1, 0.15) is 0 Å². The van der Waals surface area contributed by atoms with E-state index in [4.69, 9.17) is 11.6 Å². The average molecular weight is 588 g/mol. The van der Waals surface area contributed by atoms with Crippen LogP contribution in [0.5, 0.6) is 0 Å². The van der Waals surface area contributed by atoms with Crippen molar-refractivity contribution in [3.63, 3.8) is 0 Å². The lowest BCUT2D eigenvalue weighted by atomic mass is 9.87. The monoisotopic (exact) mass is 587 g/mol. The molecule has 0 aromatic heterocycles. The Kier molecular flexibility index (Phi) is 11.4. The molecule has 1 aliphatic heterocycles. The zero-order valence-corrected chi connectivity index (χ0v) is 26.2. The highest BCUT2D eigenvalue weighted by Gasteiger charge is 2.40. The number of urea groups is 1. The summed E-state index contributed by atoms with van der Waals surface area (Å²) in [4.78, 5) is 44.9. The molecule has 0 bridgehead atoms. The number of carbonyl (C=O) groups excluding carboxylic acids is 3. The standard InChI is InChI=1S/C32H50ClN5O3/c1-22-21-37(19-18-30(22)38(32(41)36(3)4)28-8-6-5-7-9-28)31(40)29(20-24-10-12-25(33)13-11-24)35-27-16-14-26(15-17-27)34-23(2)39/h10-13,22,26-30,35H,5-9,14-21H2,1-4H3,(H,34,39)/t22-,26-,27+,29+,30-/m0/s1. The smallest absolute Gasteiger partial charge is 0.319 e. The number of amides is 4. The van der Waals surface area contributed by atoms with Crippen molar-refractivity contribution < 1.29 is 14.4 Å². The predicted molar refractivity (Wildman–Crippen MR) is 164 cm³/mol. The molecule has 3 aliphatic rings. The highest BCUT2D eigenvalue weighted by atomic mass is 35.5. The largest absolute Gasteiger partial charge is 0.354 e. The molecule has 228 valence electrons. The lowest BCUT2D eigenvalue weighted by Crippen LogP contribution is -2.60. The molecule has 1 aromatic carbocycles. The molecule has 3 fully saturated rings. The fraction of sp³-hybridized carbons (Fsp3) is 0.719. The molecule has 1 aromatic rings. The summed E-state index contributed by atoms with van der Waals surface area (Å²) in [5.41, 5.74) is 1.08. The van der Waals surface area contributed by atoms with Crippen molar-refractivity contribution in [1.82, 2.24) is 25.3 Å². The third kappa shape index (κ3) is 8.60. The molecule has 2 saturated carbocycles. The van der Waals surface area contributed by atoms with Crippen molar-refractivity contribution in [2.75, 3.05) is 27.2 Å². The van der Waals surface area contributed by atoms with Crippen molar-refractivity contribution in [1.29, 1.82) is 0 Å². The van der Waals surface area contributed by atoms with Crippen LogP contribution in [0, 0.1) is 5.92 Å². The quantitative estimate of drug-likeness (QED) is 0.456. The second-order valence-electron chi connectivity index (χ2n) is 12.8. The van der Waals surface area contributed by atoms with Crippen LogP contribution in [0.1, 0.15) is 83.6 Å². The van der Waals surface area contributed by atoms with Gasteiger partial charge in [-0.2, -0.15) is 0 Å². The molecule has 1 saturated heterocycles. The van der Waals surface area contributed by atoms with Crippen molar-refractivity contribution in [3.05, 3.63) is 34.9 Å². The Morgan fingerprint density at radius 2 is 1.59 bits per heavy atom. The minimum atomic E-state index is -0.333. The van der Waals surface area contributed by atoms with Crippen LogP contribution in [0.4, 0.5) is 4.79 Å². The summed E-state index contributed by atoms with van der Waals surface area (Å²) in [5, 5.41) is 7.45. The summed E-state index contributed by atoms with van der Waals surface area (Å²) in [6.07, 6.45) is 10.8. The van der Waals surface area contributed by atoms with E-state index in [2.05, 4.69) is 22.5 Å². The number of benzene rings is 1. The van der Waals surface area contributed by atoms with Gasteiger partial charge < -0.3 is 25.3 Å². The molecule has 0 unspecified atom stereocenters. The van der Waals surface area contributed by atoms with E-state index in [1.807, 2.05) is 43.3 Å². The summed E-state index contributed by atoms with van der Waals surface area (Å²) < 4.78 is 0. The lowest BCUT2D eigenvalue weighted by molar-refractivity contribution is -0.136. The molecule has 41 heavy (non-hydrogen) atoms. The van der Waals surface area contributed by atoms with E-state index >= 15 is 0 Å². The predicted octanol–water partition coefficient (Wildman–Crippen LogP) is 4.84. The number of carbonyl (C=O) groups is 3. The Balaban J connectivity index is 1.44. The van der Waals surface area contributed by atoms with Crippen molar-refractivity contribution in [2.24, 2.45) is 5.92 Å². The molecule has 4 amide bonds. The fourth-order valence-electron chi connectivity index (χ4n) is 7.18. The van der Waals surface area contributed by atoms with Crippen LogP contribution in [0.3, 0.4) is 0 Å². The first-order valence-corrected chi connectivity index (χ1v) is 16.1. The van der Waals surface area contributed by atoms with Crippen LogP contribution in [0.25, 0.3) is 0 Å². The highest BCUT2D eigenvalue weighted by Crippen LogP contribution is 2.31. The molecule has 8 nitrogen and oxygen atoms in total. The van der Waals surface area contributed by atoms with Crippen LogP contribution in [-0.2, 0) is 16.0 Å². The van der Waals surface area contributed by atoms with Gasteiger partial charge in [-0.25, -0.2) is 4.79 Å². The molecule has 2 aliphatic carbocycles. The summed E-state index contributed by atoms with van der Waals surface area (Å²) in [7, 11) is 3.69. The summed E-state index contributed by atoms with van der Waals surface area (Å²) in [6, 6.07) is 8.42. The van der Waals surface area contributed by atoms with Crippen LogP contribution >= 0.6 is 11.6 Å². The number of likely N-dealkylation sites (tertiary alicyclic amines) is 1. The number of piperidine rings is 1. The van der Waals surface area contributed by atoms with E-state index in [1.165, 1.54) is 19.3 Å². The van der Waals surface area contributed by atoms with Crippen molar-refractivity contribution in [2.45, 2.75) is 115 Å². The Morgan fingerprint density at radius 3 is 2.17 bits per heavy atom. The van der Waals surface area contributed by atoms with E-state index < -0.39 is 0 Å². The van der Waals surface area contributed by atoms with Gasteiger partial charge in [0.05, 0.1) is 6.04 Å². The third-order valence-corrected chi connectivity index (χ3v) is 9.58. The third-order valence-electron chi connectivity index (χ3n) is 9.32. The molecular formula is C32H50ClN5O3. The molecule has 9 heteroatoms. The Hall–Kier alpha value is -2.32. The van der Waals surface area contributed by atoms with Crippen LogP contribution in [0.15, 0.2) is 24.3 Å². The normalized spacial score (nSPS) is 26.2. The van der Waals surface area contributed by atoms with Gasteiger partial charge in [0.2, 0.25) is 11.8 Å². The van der Waals surface area contributed by atoms with Crippen LogP contribution in [-0.4, -0.2) is 89.9 Å². The second-order valence-corrected chi connectivity index (χ2v) is 13.2. The van der Waals surface area contributed by atoms with Gasteiger partial charge in [-0.15, -0.1) is 0 Å². The van der Waals surface area contributed by atoms with Gasteiger partial charge in [0.15, 0.2) is 0 Å². The summed E-state index contributed by atoms with van der Waals surface area (Å²) >= 11 is 6.14. The number of nitrogens with zero attached hydrogens (tertiary/aromatic N) is 3. The number of halogens is 1. The summed E-state index contributed by atoms with van der Waals surface area (Å²) in [5.74, 6) is 0.351. The Bertz CT molecular complexity index is 1020. The first-order valence-electron chi connectivity index (χ1n) is 15.7. The minimum Gasteiger partial charge on any atom is -0.354 e. The number of hydrogen-bond donors (Lipinski definition) is 2.